The standard InChI is InChI=1S/C29H33NO6/c1-6-11-22(34-19(3)31)17-25-28-27(35-29(4,5)36-28)23-16-21(33-18-20-12-9-8-10-13-20)14-15-24(23)30(25)26(32)7-2/h6-10,12-16,22,25,27-28H,1-2,11,17-18H2,3-5H3/t22-,25-,27-,28-/m0/s1. The lowest BCUT2D eigenvalue weighted by atomic mass is 9.86. The number of anilines is 1. The molecule has 2 aliphatic heterocycles. The van der Waals surface area contributed by atoms with Gasteiger partial charge >= 0.3 is 5.97 Å². The molecule has 0 spiro atoms. The fourth-order valence-electron chi connectivity index (χ4n) is 4.95. The van der Waals surface area contributed by atoms with E-state index in [1.165, 1.54) is 13.0 Å². The van der Waals surface area contributed by atoms with Gasteiger partial charge in [0.2, 0.25) is 0 Å². The van der Waals surface area contributed by atoms with Gasteiger partial charge in [-0.25, -0.2) is 0 Å². The SMILES string of the molecule is C=CC[C@@H](C[C@H]1[C@@H]2OC(C)(C)O[C@H]2c2cc(OCc3ccccc3)ccc2N1C(=O)C=C)OC(C)=O. The van der Waals surface area contributed by atoms with Crippen LogP contribution in [-0.4, -0.2) is 35.9 Å². The number of hydrogen-bond acceptors (Lipinski definition) is 6. The molecule has 0 N–H and O–H groups in total. The molecule has 0 unspecified atom stereocenters. The number of fused-ring (bicyclic) bond motifs is 3. The van der Waals surface area contributed by atoms with Crippen LogP contribution in [0.2, 0.25) is 0 Å². The second-order valence-electron chi connectivity index (χ2n) is 9.49. The van der Waals surface area contributed by atoms with Gasteiger partial charge in [0.1, 0.15) is 30.7 Å². The molecule has 0 bridgehead atoms. The highest BCUT2D eigenvalue weighted by molar-refractivity contribution is 6.02. The van der Waals surface area contributed by atoms with Gasteiger partial charge in [0.15, 0.2) is 5.79 Å². The van der Waals surface area contributed by atoms with Gasteiger partial charge in [-0.1, -0.05) is 43.0 Å². The van der Waals surface area contributed by atoms with Crippen molar-refractivity contribution in [1.29, 1.82) is 0 Å². The Morgan fingerprint density at radius 3 is 2.56 bits per heavy atom. The highest BCUT2D eigenvalue weighted by Gasteiger charge is 2.53. The van der Waals surface area contributed by atoms with Crippen LogP contribution >= 0.6 is 0 Å². The van der Waals surface area contributed by atoms with Gasteiger partial charge in [-0.15, -0.1) is 6.58 Å². The fraction of sp³-hybridized carbons (Fsp3) is 0.379. The zero-order valence-electron chi connectivity index (χ0n) is 21.0. The number of hydrogen-bond donors (Lipinski definition) is 0. The van der Waals surface area contributed by atoms with Gasteiger partial charge in [-0.3, -0.25) is 9.59 Å². The molecule has 0 radical (unpaired) electrons. The Kier molecular flexibility index (Phi) is 7.62. The van der Waals surface area contributed by atoms with Gasteiger partial charge in [0, 0.05) is 25.3 Å². The summed E-state index contributed by atoms with van der Waals surface area (Å²) in [5, 5.41) is 0. The maximum atomic E-state index is 13.2. The number of ether oxygens (including phenoxy) is 4. The van der Waals surface area contributed by atoms with Crippen molar-refractivity contribution in [3.63, 3.8) is 0 Å². The van der Waals surface area contributed by atoms with Crippen LogP contribution in [0.5, 0.6) is 5.75 Å². The largest absolute Gasteiger partial charge is 0.489 e. The van der Waals surface area contributed by atoms with E-state index in [1.54, 1.807) is 11.0 Å². The topological polar surface area (TPSA) is 74.3 Å². The normalized spacial score (nSPS) is 22.6. The third kappa shape index (κ3) is 5.53. The molecule has 0 aliphatic carbocycles. The number of esters is 1. The summed E-state index contributed by atoms with van der Waals surface area (Å²) >= 11 is 0. The molecule has 7 nitrogen and oxygen atoms in total. The Balaban J connectivity index is 1.71. The fourth-order valence-corrected chi connectivity index (χ4v) is 4.95. The van der Waals surface area contributed by atoms with Crippen molar-refractivity contribution in [1.82, 2.24) is 0 Å². The Hall–Kier alpha value is -3.42. The van der Waals surface area contributed by atoms with E-state index in [0.29, 0.717) is 30.9 Å². The summed E-state index contributed by atoms with van der Waals surface area (Å²) in [6.07, 6.45) is 2.41. The van der Waals surface area contributed by atoms with E-state index < -0.39 is 30.1 Å². The quantitative estimate of drug-likeness (QED) is 0.271. The van der Waals surface area contributed by atoms with Crippen molar-refractivity contribution in [2.24, 2.45) is 0 Å². The molecule has 1 saturated heterocycles. The molecule has 2 aliphatic rings. The van der Waals surface area contributed by atoms with Gasteiger partial charge in [0.05, 0.1) is 11.7 Å². The minimum absolute atomic E-state index is 0.272. The summed E-state index contributed by atoms with van der Waals surface area (Å²) in [7, 11) is 0. The van der Waals surface area contributed by atoms with Crippen LogP contribution in [0.4, 0.5) is 5.69 Å². The second kappa shape index (κ2) is 10.7. The second-order valence-corrected chi connectivity index (χ2v) is 9.49. The number of carbonyl (C=O) groups excluding carboxylic acids is 2. The molecule has 0 saturated carbocycles. The molecule has 4 rings (SSSR count). The summed E-state index contributed by atoms with van der Waals surface area (Å²) in [5.74, 6) is -0.862. The van der Waals surface area contributed by atoms with E-state index in [4.69, 9.17) is 18.9 Å². The van der Waals surface area contributed by atoms with Gasteiger partial charge in [0.25, 0.3) is 5.91 Å². The highest BCUT2D eigenvalue weighted by atomic mass is 16.8. The van der Waals surface area contributed by atoms with Crippen LogP contribution in [-0.2, 0) is 30.4 Å². The molecular weight excluding hydrogens is 458 g/mol. The number of carbonyl (C=O) groups is 2. The van der Waals surface area contributed by atoms with Crippen molar-refractivity contribution in [2.75, 3.05) is 4.90 Å². The summed E-state index contributed by atoms with van der Waals surface area (Å²) < 4.78 is 24.3. The van der Waals surface area contributed by atoms with E-state index in [-0.39, 0.29) is 11.9 Å². The van der Waals surface area contributed by atoms with Gasteiger partial charge in [-0.05, 0) is 43.7 Å². The predicted molar refractivity (Wildman–Crippen MR) is 136 cm³/mol. The highest BCUT2D eigenvalue weighted by Crippen LogP contribution is 2.50. The van der Waals surface area contributed by atoms with Crippen molar-refractivity contribution >= 4 is 17.6 Å². The van der Waals surface area contributed by atoms with Crippen LogP contribution in [0.15, 0.2) is 73.8 Å². The molecular formula is C29H33NO6. The van der Waals surface area contributed by atoms with E-state index >= 15 is 0 Å². The van der Waals surface area contributed by atoms with Crippen molar-refractivity contribution in [3.05, 3.63) is 85.0 Å². The third-order valence-corrected chi connectivity index (χ3v) is 6.33. The smallest absolute Gasteiger partial charge is 0.302 e. The minimum atomic E-state index is -0.867. The van der Waals surface area contributed by atoms with Gasteiger partial charge in [-0.2, -0.15) is 0 Å². The lowest BCUT2D eigenvalue weighted by Crippen LogP contribution is -2.53. The Labute approximate surface area is 212 Å². The van der Waals surface area contributed by atoms with E-state index in [2.05, 4.69) is 13.2 Å². The third-order valence-electron chi connectivity index (χ3n) is 6.33. The summed E-state index contributed by atoms with van der Waals surface area (Å²) in [5.41, 5.74) is 2.55. The van der Waals surface area contributed by atoms with Crippen LogP contribution in [0, 0.1) is 0 Å². The van der Waals surface area contributed by atoms with Crippen molar-refractivity contribution in [2.45, 2.75) is 70.4 Å². The molecule has 1 amide bonds. The van der Waals surface area contributed by atoms with Crippen LogP contribution < -0.4 is 9.64 Å². The van der Waals surface area contributed by atoms with Gasteiger partial charge < -0.3 is 23.8 Å². The molecule has 2 aromatic rings. The Morgan fingerprint density at radius 2 is 1.89 bits per heavy atom. The Bertz CT molecular complexity index is 1130. The molecule has 2 heterocycles. The molecule has 36 heavy (non-hydrogen) atoms. The zero-order valence-corrected chi connectivity index (χ0v) is 21.0. The summed E-state index contributed by atoms with van der Waals surface area (Å²) in [6, 6.07) is 15.1. The maximum absolute atomic E-state index is 13.2. The summed E-state index contributed by atoms with van der Waals surface area (Å²) in [4.78, 5) is 26.6. The number of nitrogens with zero attached hydrogens (tertiary/aromatic N) is 1. The number of rotatable bonds is 9. The number of amides is 1. The number of benzene rings is 2. The average molecular weight is 492 g/mol. The first kappa shape index (κ1) is 25.7. The average Bonchev–Trinajstić information content (AvgIpc) is 3.18. The molecule has 2 aromatic carbocycles. The lowest BCUT2D eigenvalue weighted by Gasteiger charge is -2.43. The first-order valence-corrected chi connectivity index (χ1v) is 12.1. The maximum Gasteiger partial charge on any atom is 0.302 e. The van der Waals surface area contributed by atoms with Crippen LogP contribution in [0.1, 0.15) is 50.8 Å². The Morgan fingerprint density at radius 1 is 1.14 bits per heavy atom. The minimum Gasteiger partial charge on any atom is -0.489 e. The van der Waals surface area contributed by atoms with Crippen LogP contribution in [0.25, 0.3) is 0 Å². The summed E-state index contributed by atoms with van der Waals surface area (Å²) in [6.45, 7) is 13.0. The van der Waals surface area contributed by atoms with E-state index in [0.717, 1.165) is 11.1 Å². The van der Waals surface area contributed by atoms with Crippen LogP contribution in [0.3, 0.4) is 0 Å². The molecule has 1 fully saturated rings. The molecule has 7 heteroatoms. The van der Waals surface area contributed by atoms with Crippen molar-refractivity contribution < 1.29 is 28.5 Å². The molecule has 4 atom stereocenters. The lowest BCUT2D eigenvalue weighted by molar-refractivity contribution is -0.152. The zero-order chi connectivity index (χ0) is 25.9. The molecule has 0 aromatic heterocycles. The monoisotopic (exact) mass is 491 g/mol. The first-order valence-electron chi connectivity index (χ1n) is 12.1. The van der Waals surface area contributed by atoms with E-state index in [1.807, 2.05) is 62.4 Å². The van der Waals surface area contributed by atoms with Crippen molar-refractivity contribution in [3.8, 4) is 5.75 Å². The first-order chi connectivity index (χ1) is 17.2. The molecule has 190 valence electrons. The van der Waals surface area contributed by atoms with E-state index in [9.17, 15) is 9.59 Å². The predicted octanol–water partition coefficient (Wildman–Crippen LogP) is 5.26.